The number of rotatable bonds is 18. The molecule has 8 heterocycles. The molecule has 8 aliphatic heterocycles. The van der Waals surface area contributed by atoms with E-state index in [-0.39, 0.29) is 25.4 Å². The number of para-hydroxylation sites is 8. The summed E-state index contributed by atoms with van der Waals surface area (Å²) in [5, 5.41) is 23.9. The molecule has 4 saturated heterocycles. The third-order valence-corrected chi connectivity index (χ3v) is 20.3. The third-order valence-electron chi connectivity index (χ3n) is 20.3. The van der Waals surface area contributed by atoms with Crippen LogP contribution in [0.2, 0.25) is 0 Å². The van der Waals surface area contributed by atoms with Gasteiger partial charge in [-0.05, 0) is 223 Å². The Morgan fingerprint density at radius 3 is 0.867 bits per heavy atom. The van der Waals surface area contributed by atoms with Crippen molar-refractivity contribution in [2.45, 2.75) is 100 Å². The molecule has 0 aliphatic carbocycles. The normalized spacial score (nSPS) is 21.2. The highest BCUT2D eigenvalue weighted by atomic mass is 19.4. The lowest BCUT2D eigenvalue weighted by atomic mass is 9.98. The average molecular weight is 1690 g/mol. The minimum atomic E-state index is -4.33. The second-order valence-corrected chi connectivity index (χ2v) is 29.7. The number of halogens is 12. The molecular formula is C88H96F12N4O16. The zero-order valence-corrected chi connectivity index (χ0v) is 65.5. The van der Waals surface area contributed by atoms with Gasteiger partial charge in [0.15, 0.2) is 46.0 Å². The number of carboxylic acid groups (broad SMARTS) is 2. The fraction of sp³-hybridized carbons (Fsp3) is 0.432. The summed E-state index contributed by atoms with van der Waals surface area (Å²) in [7, 11) is 0. The Hall–Kier alpha value is -10.7. The topological polar surface area (TPSA) is 216 Å². The first-order chi connectivity index (χ1) is 57.6. The van der Waals surface area contributed by atoms with Crippen LogP contribution >= 0.6 is 0 Å². The summed E-state index contributed by atoms with van der Waals surface area (Å²) in [6, 6.07) is 48.8. The Kier molecular flexibility index (Phi) is 32.7. The van der Waals surface area contributed by atoms with E-state index in [1.54, 1.807) is 36.4 Å². The van der Waals surface area contributed by atoms with Crippen molar-refractivity contribution in [3.8, 4) is 69.0 Å². The van der Waals surface area contributed by atoms with Crippen molar-refractivity contribution < 1.29 is 129 Å². The first-order valence-electron chi connectivity index (χ1n) is 39.7. The van der Waals surface area contributed by atoms with Crippen LogP contribution in [-0.4, -0.2) is 175 Å². The van der Waals surface area contributed by atoms with Gasteiger partial charge in [-0.2, -0.15) is 52.7 Å². The van der Waals surface area contributed by atoms with Crippen LogP contribution in [0.5, 0.6) is 69.0 Å². The lowest BCUT2D eigenvalue weighted by Gasteiger charge is -2.36. The number of nitrogens with zero attached hydrogens (tertiary/aromatic N) is 2. The van der Waals surface area contributed by atoms with Gasteiger partial charge in [0.1, 0.15) is 61.6 Å². The minimum absolute atomic E-state index is 0.0144. The quantitative estimate of drug-likeness (QED) is 0.0588. The van der Waals surface area contributed by atoms with E-state index in [0.29, 0.717) is 109 Å². The fourth-order valence-electron chi connectivity index (χ4n) is 14.0. The van der Waals surface area contributed by atoms with Gasteiger partial charge in [-0.1, -0.05) is 48.5 Å². The molecule has 120 heavy (non-hydrogen) atoms. The number of likely N-dealkylation sites (tertiary alicyclic amines) is 2. The van der Waals surface area contributed by atoms with Gasteiger partial charge in [-0.3, -0.25) is 9.80 Å². The Balaban J connectivity index is 0.000000145. The van der Waals surface area contributed by atoms with E-state index in [1.165, 1.54) is 48.5 Å². The van der Waals surface area contributed by atoms with Crippen LogP contribution in [0.15, 0.2) is 194 Å². The highest BCUT2D eigenvalue weighted by molar-refractivity contribution is 5.74. The lowest BCUT2D eigenvalue weighted by molar-refractivity contribution is -0.148. The second-order valence-electron chi connectivity index (χ2n) is 29.7. The maximum Gasteiger partial charge on any atom is 0.416 e. The summed E-state index contributed by atoms with van der Waals surface area (Å²) in [5.74, 6) is 6.77. The van der Waals surface area contributed by atoms with E-state index in [4.69, 9.17) is 67.1 Å². The molecule has 8 aromatic carbocycles. The number of benzene rings is 8. The molecule has 32 heteroatoms. The number of carboxylic acids is 2. The van der Waals surface area contributed by atoms with Gasteiger partial charge in [0.25, 0.3) is 0 Å². The van der Waals surface area contributed by atoms with Crippen LogP contribution in [0.3, 0.4) is 0 Å². The Labute approximate surface area is 686 Å². The number of ether oxygens (including phenoxy) is 12. The van der Waals surface area contributed by atoms with Crippen molar-refractivity contribution in [1.82, 2.24) is 20.4 Å². The highest BCUT2D eigenvalue weighted by Gasteiger charge is 2.36. The van der Waals surface area contributed by atoms with Crippen molar-refractivity contribution in [1.29, 1.82) is 0 Å². The molecule has 4 fully saturated rings. The van der Waals surface area contributed by atoms with Gasteiger partial charge < -0.3 is 77.7 Å². The maximum absolute atomic E-state index is 12.6. The molecule has 20 nitrogen and oxygen atoms in total. The number of aliphatic carboxylic acids is 2. The van der Waals surface area contributed by atoms with E-state index < -0.39 is 71.1 Å². The Morgan fingerprint density at radius 2 is 0.600 bits per heavy atom. The largest absolute Gasteiger partial charge is 0.493 e. The molecule has 0 bridgehead atoms. The van der Waals surface area contributed by atoms with Crippen LogP contribution in [0.4, 0.5) is 52.7 Å². The SMILES string of the molecule is FC(F)(F)c1ccc(OCC2CCCNC2)cc1.FC(F)(F)c1ccc(OCC2CCCNC2)cc1.FC(F)(F)c1ccc(OC[C@@H]2CCCN(C[C@H]3COc4ccccc4O3)C2)cc1.FC(F)(F)c1ccc(OC[C@H]2CCCN(C[C@H]3COc4ccccc4O3)C2)cc1.O=C(O)[C@@H]1COc2ccccc2O1.O=C(O)[C@H]1COc2ccccc2O1. The molecule has 8 aliphatic rings. The summed E-state index contributed by atoms with van der Waals surface area (Å²) in [6.07, 6.45) is -10.4. The number of piperidine rings is 4. The maximum atomic E-state index is 12.6. The van der Waals surface area contributed by atoms with Gasteiger partial charge in [-0.25, -0.2) is 9.59 Å². The second kappa shape index (κ2) is 43.5. The van der Waals surface area contributed by atoms with E-state index in [9.17, 15) is 62.3 Å². The van der Waals surface area contributed by atoms with E-state index in [0.717, 1.165) is 188 Å². The molecule has 0 saturated carbocycles. The number of alkyl halides is 12. The van der Waals surface area contributed by atoms with Crippen molar-refractivity contribution in [3.05, 3.63) is 216 Å². The Bertz CT molecular complexity index is 4160. The van der Waals surface area contributed by atoms with E-state index >= 15 is 0 Å². The van der Waals surface area contributed by atoms with Crippen molar-refractivity contribution in [2.75, 3.05) is 118 Å². The predicted molar refractivity (Wildman–Crippen MR) is 418 cm³/mol. The summed E-state index contributed by atoms with van der Waals surface area (Å²) in [4.78, 5) is 25.8. The first-order valence-corrected chi connectivity index (χ1v) is 39.7. The average Bonchev–Trinajstić information content (AvgIpc) is 0.832. The van der Waals surface area contributed by atoms with Crippen LogP contribution < -0.4 is 67.5 Å². The van der Waals surface area contributed by atoms with Crippen LogP contribution in [0.1, 0.15) is 73.6 Å². The number of hydrogen-bond donors (Lipinski definition) is 4. The van der Waals surface area contributed by atoms with Crippen molar-refractivity contribution in [2.24, 2.45) is 23.7 Å². The summed E-state index contributed by atoms with van der Waals surface area (Å²) in [5.41, 5.74) is -2.61. The lowest BCUT2D eigenvalue weighted by Crippen LogP contribution is -2.45. The molecule has 16 rings (SSSR count). The summed E-state index contributed by atoms with van der Waals surface area (Å²) >= 11 is 0. The van der Waals surface area contributed by atoms with Crippen LogP contribution in [-0.2, 0) is 34.3 Å². The molecule has 2 unspecified atom stereocenters. The molecule has 648 valence electrons. The molecule has 0 spiro atoms. The van der Waals surface area contributed by atoms with E-state index in [2.05, 4.69) is 20.4 Å². The van der Waals surface area contributed by atoms with Gasteiger partial charge in [-0.15, -0.1) is 0 Å². The zero-order chi connectivity index (χ0) is 85.1. The number of fused-ring (bicyclic) bond motifs is 4. The monoisotopic (exact) mass is 1690 g/mol. The van der Waals surface area contributed by atoms with Crippen LogP contribution in [0.25, 0.3) is 0 Å². The predicted octanol–water partition coefficient (Wildman–Crippen LogP) is 17.3. The van der Waals surface area contributed by atoms with Crippen molar-refractivity contribution >= 4 is 11.9 Å². The molecule has 4 N–H and O–H groups in total. The number of carbonyl (C=O) groups is 2. The molecular weight excluding hydrogens is 1600 g/mol. The number of nitrogens with one attached hydrogen (secondary N) is 2. The zero-order valence-electron chi connectivity index (χ0n) is 65.5. The molecule has 0 radical (unpaired) electrons. The van der Waals surface area contributed by atoms with E-state index in [1.807, 2.05) is 60.7 Å². The first kappa shape index (κ1) is 90.1. The van der Waals surface area contributed by atoms with Gasteiger partial charge in [0, 0.05) is 62.9 Å². The van der Waals surface area contributed by atoms with Crippen molar-refractivity contribution in [3.63, 3.8) is 0 Å². The standard InChI is InChI=1S/2C22H24F3NO3.2C13H16F3NO.2C9H8O4/c2*23-22(24,25)17-7-9-18(10-8-17)27-14-16-4-3-11-26(12-16)13-19-15-28-20-5-1-2-6-21(20)29-19;2*14-13(15,16)11-3-5-12(6-4-11)18-9-10-2-1-7-17-8-10;2*10-9(11)8-5-12-6-3-1-2-4-7(6)13-8/h2*1-2,5-10,16,19H,3-4,11-15H2;2*3-6,10,17H,1-2,7-9H2;2*1-4,8H,5H2,(H,10,11)/t16-,19+;16-,19-;;;2*8-/m10..10/s1. The minimum Gasteiger partial charge on any atom is -0.493 e. The summed E-state index contributed by atoms with van der Waals surface area (Å²) < 4.78 is 217. The van der Waals surface area contributed by atoms with Gasteiger partial charge >= 0.3 is 36.6 Å². The van der Waals surface area contributed by atoms with Gasteiger partial charge in [0.2, 0.25) is 12.2 Å². The fourth-order valence-corrected chi connectivity index (χ4v) is 14.0. The van der Waals surface area contributed by atoms with Crippen LogP contribution in [0, 0.1) is 23.7 Å². The number of hydrogen-bond acceptors (Lipinski definition) is 18. The Morgan fingerprint density at radius 1 is 0.342 bits per heavy atom. The van der Waals surface area contributed by atoms with Gasteiger partial charge in [0.05, 0.1) is 48.7 Å². The molecule has 8 atom stereocenters. The highest BCUT2D eigenvalue weighted by Crippen LogP contribution is 2.39. The molecule has 8 aromatic rings. The smallest absolute Gasteiger partial charge is 0.416 e. The molecule has 0 aromatic heterocycles. The third kappa shape index (κ3) is 28.8. The summed E-state index contributed by atoms with van der Waals surface area (Å²) in [6.45, 7) is 12.5. The molecule has 0 amide bonds.